The molecule has 1 aliphatic carbocycles. The van der Waals surface area contributed by atoms with E-state index in [2.05, 4.69) is 26.3 Å². The van der Waals surface area contributed by atoms with Crippen LogP contribution in [0, 0.1) is 0 Å². The smallest absolute Gasteiger partial charge is 0.137 e. The average molecular weight is 303 g/mol. The van der Waals surface area contributed by atoms with E-state index in [4.69, 9.17) is 11.6 Å². The van der Waals surface area contributed by atoms with Gasteiger partial charge in [0.2, 0.25) is 0 Å². The Kier molecular flexibility index (Phi) is 4.68. The van der Waals surface area contributed by atoms with E-state index in [9.17, 15) is 0 Å². The van der Waals surface area contributed by atoms with Crippen LogP contribution in [0.15, 0.2) is 41.7 Å². The third-order valence-corrected chi connectivity index (χ3v) is 3.99. The summed E-state index contributed by atoms with van der Waals surface area (Å²) in [4.78, 5) is 12.1. The summed E-state index contributed by atoms with van der Waals surface area (Å²) >= 11 is 6.01. The van der Waals surface area contributed by atoms with E-state index >= 15 is 0 Å². The molecule has 0 aliphatic heterocycles. The number of hydrogen-bond donors (Lipinski definition) is 2. The highest BCUT2D eigenvalue weighted by atomic mass is 35.5. The molecule has 3 rings (SSSR count). The molecule has 21 heavy (non-hydrogen) atoms. The van der Waals surface area contributed by atoms with Gasteiger partial charge < -0.3 is 10.3 Å². The van der Waals surface area contributed by atoms with Gasteiger partial charge >= 0.3 is 0 Å². The van der Waals surface area contributed by atoms with Crippen LogP contribution in [0.25, 0.3) is 11.0 Å². The molecular weight excluding hydrogens is 284 g/mol. The SMILES string of the molecule is ClC1C=CC(=NCCNCc2c[nH]c3ncccc23)CC1. The van der Waals surface area contributed by atoms with Crippen LogP contribution in [0.2, 0.25) is 0 Å². The van der Waals surface area contributed by atoms with Crippen molar-refractivity contribution in [1.29, 1.82) is 0 Å². The maximum atomic E-state index is 6.01. The lowest BCUT2D eigenvalue weighted by molar-refractivity contribution is 0.697. The molecule has 1 aliphatic rings. The topological polar surface area (TPSA) is 53.1 Å². The molecule has 1 unspecified atom stereocenters. The number of pyridine rings is 1. The third kappa shape index (κ3) is 3.71. The second-order valence-electron chi connectivity index (χ2n) is 5.18. The lowest BCUT2D eigenvalue weighted by Crippen LogP contribution is -2.18. The molecule has 2 heterocycles. The first kappa shape index (κ1) is 14.3. The Bertz CT molecular complexity index is 659. The van der Waals surface area contributed by atoms with Gasteiger partial charge in [-0.25, -0.2) is 4.98 Å². The lowest BCUT2D eigenvalue weighted by Gasteiger charge is -2.11. The second kappa shape index (κ2) is 6.87. The summed E-state index contributed by atoms with van der Waals surface area (Å²) in [5, 5.41) is 4.78. The van der Waals surface area contributed by atoms with Crippen molar-refractivity contribution in [1.82, 2.24) is 15.3 Å². The van der Waals surface area contributed by atoms with Gasteiger partial charge in [0.05, 0.1) is 11.9 Å². The van der Waals surface area contributed by atoms with Gasteiger partial charge in [-0.3, -0.25) is 4.99 Å². The summed E-state index contributed by atoms with van der Waals surface area (Å²) < 4.78 is 0. The Morgan fingerprint density at radius 3 is 3.29 bits per heavy atom. The summed E-state index contributed by atoms with van der Waals surface area (Å²) in [5.41, 5.74) is 3.34. The van der Waals surface area contributed by atoms with Crippen LogP contribution >= 0.6 is 11.6 Å². The van der Waals surface area contributed by atoms with E-state index in [-0.39, 0.29) is 5.38 Å². The van der Waals surface area contributed by atoms with Crippen molar-refractivity contribution in [3.8, 4) is 0 Å². The van der Waals surface area contributed by atoms with Crippen LogP contribution in [0.3, 0.4) is 0 Å². The minimum Gasteiger partial charge on any atom is -0.346 e. The number of allylic oxidation sites excluding steroid dienone is 2. The summed E-state index contributed by atoms with van der Waals surface area (Å²) in [5.74, 6) is 0. The van der Waals surface area contributed by atoms with Crippen LogP contribution in [0.4, 0.5) is 0 Å². The van der Waals surface area contributed by atoms with Crippen molar-refractivity contribution in [2.45, 2.75) is 24.8 Å². The first-order chi connectivity index (χ1) is 10.3. The number of H-pyrrole nitrogens is 1. The molecule has 0 saturated heterocycles. The molecule has 1 atom stereocenters. The number of aliphatic imine (C=N–C) groups is 1. The summed E-state index contributed by atoms with van der Waals surface area (Å²) in [7, 11) is 0. The number of hydrogen-bond acceptors (Lipinski definition) is 3. The number of aromatic amines is 1. The molecule has 2 aromatic heterocycles. The van der Waals surface area contributed by atoms with Gasteiger partial charge in [0, 0.05) is 36.6 Å². The Labute approximate surface area is 129 Å². The molecule has 0 amide bonds. The van der Waals surface area contributed by atoms with Crippen LogP contribution in [0.1, 0.15) is 18.4 Å². The Morgan fingerprint density at radius 2 is 2.43 bits per heavy atom. The first-order valence-corrected chi connectivity index (χ1v) is 7.74. The van der Waals surface area contributed by atoms with Crippen molar-refractivity contribution < 1.29 is 0 Å². The number of nitrogens with one attached hydrogen (secondary N) is 2. The van der Waals surface area contributed by atoms with Crippen LogP contribution in [-0.2, 0) is 6.54 Å². The van der Waals surface area contributed by atoms with E-state index < -0.39 is 0 Å². The second-order valence-corrected chi connectivity index (χ2v) is 5.74. The Balaban J connectivity index is 1.46. The van der Waals surface area contributed by atoms with Gasteiger partial charge in [0.1, 0.15) is 5.65 Å². The normalized spacial score (nSPS) is 20.4. The fraction of sp³-hybridized carbons (Fsp3) is 0.375. The molecule has 0 bridgehead atoms. The summed E-state index contributed by atoms with van der Waals surface area (Å²) in [6, 6.07) is 4.05. The Morgan fingerprint density at radius 1 is 1.48 bits per heavy atom. The molecule has 5 heteroatoms. The summed E-state index contributed by atoms with van der Waals surface area (Å²) in [6.45, 7) is 2.50. The van der Waals surface area contributed by atoms with E-state index in [1.165, 1.54) is 10.9 Å². The zero-order valence-corrected chi connectivity index (χ0v) is 12.6. The first-order valence-electron chi connectivity index (χ1n) is 7.30. The molecule has 4 nitrogen and oxygen atoms in total. The minimum absolute atomic E-state index is 0.178. The molecule has 0 fully saturated rings. The largest absolute Gasteiger partial charge is 0.346 e. The number of aromatic nitrogens is 2. The van der Waals surface area contributed by atoms with Crippen LogP contribution < -0.4 is 5.32 Å². The highest BCUT2D eigenvalue weighted by Gasteiger charge is 2.08. The van der Waals surface area contributed by atoms with E-state index in [0.717, 1.165) is 43.8 Å². The summed E-state index contributed by atoms with van der Waals surface area (Å²) in [6.07, 6.45) is 9.87. The zero-order chi connectivity index (χ0) is 14.5. The highest BCUT2D eigenvalue weighted by Crippen LogP contribution is 2.15. The van der Waals surface area contributed by atoms with Gasteiger partial charge in [-0.15, -0.1) is 11.6 Å². The Hall–Kier alpha value is -1.65. The van der Waals surface area contributed by atoms with E-state index in [1.54, 1.807) is 6.20 Å². The number of rotatable bonds is 5. The molecule has 2 N–H and O–H groups in total. The maximum Gasteiger partial charge on any atom is 0.137 e. The molecule has 0 aromatic carbocycles. The number of alkyl halides is 1. The van der Waals surface area contributed by atoms with Crippen molar-refractivity contribution in [2.24, 2.45) is 4.99 Å². The molecule has 0 saturated carbocycles. The predicted molar refractivity (Wildman–Crippen MR) is 88.1 cm³/mol. The molecule has 0 spiro atoms. The van der Waals surface area contributed by atoms with Crippen LogP contribution in [-0.4, -0.2) is 34.1 Å². The van der Waals surface area contributed by atoms with Gasteiger partial charge in [-0.1, -0.05) is 6.08 Å². The predicted octanol–water partition coefficient (Wildman–Crippen LogP) is 3.05. The molecule has 2 aromatic rings. The fourth-order valence-corrected chi connectivity index (χ4v) is 2.65. The quantitative estimate of drug-likeness (QED) is 0.659. The monoisotopic (exact) mass is 302 g/mol. The number of halogens is 1. The van der Waals surface area contributed by atoms with Gasteiger partial charge in [0.25, 0.3) is 0 Å². The lowest BCUT2D eigenvalue weighted by atomic mass is 10.1. The van der Waals surface area contributed by atoms with Crippen molar-refractivity contribution in [2.75, 3.05) is 13.1 Å². The fourth-order valence-electron chi connectivity index (χ4n) is 2.47. The van der Waals surface area contributed by atoms with Crippen molar-refractivity contribution in [3.05, 3.63) is 42.2 Å². The highest BCUT2D eigenvalue weighted by molar-refractivity contribution is 6.22. The molecular formula is C16H19ClN4. The van der Waals surface area contributed by atoms with Crippen molar-refractivity contribution >= 4 is 28.3 Å². The van der Waals surface area contributed by atoms with Gasteiger partial charge in [0.15, 0.2) is 0 Å². The maximum absolute atomic E-state index is 6.01. The van der Waals surface area contributed by atoms with E-state index in [1.807, 2.05) is 24.4 Å². The van der Waals surface area contributed by atoms with Crippen molar-refractivity contribution in [3.63, 3.8) is 0 Å². The number of fused-ring (bicyclic) bond motifs is 1. The zero-order valence-electron chi connectivity index (χ0n) is 11.8. The van der Waals surface area contributed by atoms with Gasteiger partial charge in [-0.2, -0.15) is 0 Å². The standard InChI is InChI=1S/C16H19ClN4/c17-13-3-5-14(6-4-13)19-9-8-18-10-12-11-21-16-15(12)2-1-7-20-16/h1-3,5,7,11,13,18H,4,6,8-10H2,(H,20,21). The molecule has 0 radical (unpaired) electrons. The average Bonchev–Trinajstić information content (AvgIpc) is 2.92. The van der Waals surface area contributed by atoms with Gasteiger partial charge in [-0.05, 0) is 36.6 Å². The van der Waals surface area contributed by atoms with Crippen LogP contribution in [0.5, 0.6) is 0 Å². The molecule has 110 valence electrons. The minimum atomic E-state index is 0.178. The third-order valence-electron chi connectivity index (χ3n) is 3.63. The number of nitrogens with zero attached hydrogens (tertiary/aromatic N) is 2. The van der Waals surface area contributed by atoms with E-state index in [0.29, 0.717) is 0 Å².